The summed E-state index contributed by atoms with van der Waals surface area (Å²) in [5, 5.41) is 14.7. The second kappa shape index (κ2) is 11.1. The molecule has 0 unspecified atom stereocenters. The molecule has 0 radical (unpaired) electrons. The van der Waals surface area contributed by atoms with Crippen LogP contribution in [0.15, 0.2) is 52.2 Å². The Morgan fingerprint density at radius 3 is 2.62 bits per heavy atom. The van der Waals surface area contributed by atoms with E-state index < -0.39 is 0 Å². The number of hydrogen-bond donors (Lipinski definition) is 3. The third-order valence-corrected chi connectivity index (χ3v) is 7.08. The Morgan fingerprint density at radius 2 is 2.00 bits per heavy atom. The highest BCUT2D eigenvalue weighted by Crippen LogP contribution is 2.33. The predicted octanol–water partition coefficient (Wildman–Crippen LogP) is 4.60. The molecule has 0 aromatic carbocycles. The second-order valence-electron chi connectivity index (χ2n) is 9.09. The van der Waals surface area contributed by atoms with Crippen molar-refractivity contribution in [1.29, 1.82) is 0 Å². The molecule has 2 fully saturated rings. The molecule has 0 amide bonds. The Bertz CT molecular complexity index is 1060. The van der Waals surface area contributed by atoms with Gasteiger partial charge in [-0.2, -0.15) is 5.10 Å². The van der Waals surface area contributed by atoms with Crippen molar-refractivity contribution in [2.45, 2.75) is 51.7 Å². The highest BCUT2D eigenvalue weighted by molar-refractivity contribution is 8.03. The predicted molar refractivity (Wildman–Crippen MR) is 142 cm³/mol. The zero-order valence-corrected chi connectivity index (χ0v) is 21.5. The summed E-state index contributed by atoms with van der Waals surface area (Å²) in [4.78, 5) is 15.6. The first-order chi connectivity index (χ1) is 16.4. The number of allylic oxidation sites excluding steroid dienone is 4. The zero-order valence-electron chi connectivity index (χ0n) is 20.7. The van der Waals surface area contributed by atoms with E-state index in [9.17, 15) is 0 Å². The van der Waals surface area contributed by atoms with Gasteiger partial charge in [-0.1, -0.05) is 13.5 Å². The molecule has 182 valence electrons. The SMILES string of the molecule is C=C(C)/C(=C\C=C(/C)NCCC)Sc1nc(Nc2cc(C)[nH]n2)cc(N2CC(N3CCC3)C2)n1. The minimum Gasteiger partial charge on any atom is -0.389 e. The number of aromatic nitrogens is 4. The number of rotatable bonds is 11. The maximum atomic E-state index is 4.91. The lowest BCUT2D eigenvalue weighted by molar-refractivity contribution is 0.0973. The van der Waals surface area contributed by atoms with Gasteiger partial charge in [-0.25, -0.2) is 9.97 Å². The number of thioether (sulfide) groups is 1. The molecular weight excluding hydrogens is 444 g/mol. The zero-order chi connectivity index (χ0) is 24.1. The molecule has 4 heterocycles. The van der Waals surface area contributed by atoms with E-state index in [1.54, 1.807) is 11.8 Å². The van der Waals surface area contributed by atoms with Gasteiger partial charge >= 0.3 is 0 Å². The summed E-state index contributed by atoms with van der Waals surface area (Å²) in [5.74, 6) is 2.43. The van der Waals surface area contributed by atoms with Gasteiger partial charge in [0, 0.05) is 54.1 Å². The average molecular weight is 481 g/mol. The minimum atomic E-state index is 0.639. The molecule has 2 aliphatic rings. The molecule has 8 nitrogen and oxygen atoms in total. The highest BCUT2D eigenvalue weighted by atomic mass is 32.2. The monoisotopic (exact) mass is 480 g/mol. The maximum absolute atomic E-state index is 4.91. The molecule has 2 aromatic heterocycles. The fraction of sp³-hybridized carbons (Fsp3) is 0.480. The Balaban J connectivity index is 1.55. The lowest BCUT2D eigenvalue weighted by Crippen LogP contribution is -2.63. The Hall–Kier alpha value is -2.78. The number of aromatic amines is 1. The third-order valence-electron chi connectivity index (χ3n) is 6.01. The van der Waals surface area contributed by atoms with Gasteiger partial charge in [-0.15, -0.1) is 0 Å². The maximum Gasteiger partial charge on any atom is 0.196 e. The van der Waals surface area contributed by atoms with Crippen LogP contribution in [0.2, 0.25) is 0 Å². The van der Waals surface area contributed by atoms with Crippen molar-refractivity contribution in [2.24, 2.45) is 0 Å². The number of hydrogen-bond acceptors (Lipinski definition) is 8. The summed E-state index contributed by atoms with van der Waals surface area (Å²) in [6.45, 7) is 17.8. The van der Waals surface area contributed by atoms with E-state index in [1.807, 2.05) is 26.0 Å². The van der Waals surface area contributed by atoms with E-state index in [2.05, 4.69) is 63.2 Å². The standard InChI is InChI=1S/C25H36N8S/c1-6-10-26-18(4)8-9-21(17(2)3)34-25-28-22(27-23-13-19(5)30-31-23)14-24(29-25)33-15-20(16-33)32-11-7-12-32/h8-9,13-14,20,26H,2,6-7,10-12,15-16H2,1,3-5H3,(H2,27,28,29,30,31)/b18-8+,21-9+. The molecule has 9 heteroatoms. The molecule has 0 spiro atoms. The molecule has 2 aliphatic heterocycles. The number of aryl methyl sites for hydroxylation is 1. The average Bonchev–Trinajstić information content (AvgIpc) is 3.14. The quantitative estimate of drug-likeness (QED) is 0.244. The Kier molecular flexibility index (Phi) is 7.95. The summed E-state index contributed by atoms with van der Waals surface area (Å²) in [7, 11) is 0. The largest absolute Gasteiger partial charge is 0.389 e. The third kappa shape index (κ3) is 6.21. The lowest BCUT2D eigenvalue weighted by atomic mass is 10.0. The van der Waals surface area contributed by atoms with Gasteiger partial charge < -0.3 is 15.5 Å². The van der Waals surface area contributed by atoms with Crippen molar-refractivity contribution in [3.05, 3.63) is 52.7 Å². The number of anilines is 3. The van der Waals surface area contributed by atoms with Crippen LogP contribution in [0.25, 0.3) is 0 Å². The van der Waals surface area contributed by atoms with Crippen LogP contribution in [0.3, 0.4) is 0 Å². The molecule has 0 aliphatic carbocycles. The van der Waals surface area contributed by atoms with Crippen molar-refractivity contribution in [1.82, 2.24) is 30.4 Å². The molecule has 0 saturated carbocycles. The summed E-state index contributed by atoms with van der Waals surface area (Å²) < 4.78 is 0. The minimum absolute atomic E-state index is 0.639. The number of nitrogens with one attached hydrogen (secondary N) is 3. The number of H-pyrrole nitrogens is 1. The van der Waals surface area contributed by atoms with Crippen LogP contribution in [0, 0.1) is 6.92 Å². The van der Waals surface area contributed by atoms with E-state index in [1.165, 1.54) is 19.5 Å². The van der Waals surface area contributed by atoms with Gasteiger partial charge in [-0.05, 0) is 76.2 Å². The van der Waals surface area contributed by atoms with E-state index in [0.717, 1.165) is 65.4 Å². The first-order valence-electron chi connectivity index (χ1n) is 12.0. The first-order valence-corrected chi connectivity index (χ1v) is 12.9. The van der Waals surface area contributed by atoms with Gasteiger partial charge in [0.15, 0.2) is 11.0 Å². The van der Waals surface area contributed by atoms with Gasteiger partial charge in [0.05, 0.1) is 0 Å². The molecule has 3 N–H and O–H groups in total. The van der Waals surface area contributed by atoms with Crippen LogP contribution in [-0.4, -0.2) is 63.8 Å². The fourth-order valence-electron chi connectivity index (χ4n) is 3.82. The van der Waals surface area contributed by atoms with Crippen molar-refractivity contribution >= 4 is 29.2 Å². The summed E-state index contributed by atoms with van der Waals surface area (Å²) in [5.41, 5.74) is 3.11. The highest BCUT2D eigenvalue weighted by Gasteiger charge is 2.35. The van der Waals surface area contributed by atoms with Gasteiger partial charge in [-0.3, -0.25) is 10.00 Å². The van der Waals surface area contributed by atoms with E-state index >= 15 is 0 Å². The normalized spacial score (nSPS) is 17.4. The summed E-state index contributed by atoms with van der Waals surface area (Å²) in [6, 6.07) is 4.62. The van der Waals surface area contributed by atoms with Crippen LogP contribution < -0.4 is 15.5 Å². The summed E-state index contributed by atoms with van der Waals surface area (Å²) in [6.07, 6.45) is 6.60. The van der Waals surface area contributed by atoms with Crippen LogP contribution in [0.4, 0.5) is 17.5 Å². The first kappa shape index (κ1) is 24.3. The molecule has 4 rings (SSSR count). The molecule has 2 saturated heterocycles. The van der Waals surface area contributed by atoms with Crippen LogP contribution in [-0.2, 0) is 0 Å². The van der Waals surface area contributed by atoms with Crippen LogP contribution >= 0.6 is 11.8 Å². The van der Waals surface area contributed by atoms with Crippen molar-refractivity contribution in [3.63, 3.8) is 0 Å². The summed E-state index contributed by atoms with van der Waals surface area (Å²) >= 11 is 1.54. The number of likely N-dealkylation sites (tertiary alicyclic amines) is 1. The Morgan fingerprint density at radius 1 is 1.21 bits per heavy atom. The second-order valence-corrected chi connectivity index (χ2v) is 10.1. The van der Waals surface area contributed by atoms with Gasteiger partial charge in [0.1, 0.15) is 11.6 Å². The lowest BCUT2D eigenvalue weighted by Gasteiger charge is -2.49. The van der Waals surface area contributed by atoms with Crippen LogP contribution in [0.5, 0.6) is 0 Å². The van der Waals surface area contributed by atoms with E-state index in [-0.39, 0.29) is 0 Å². The number of nitrogens with zero attached hydrogens (tertiary/aromatic N) is 5. The van der Waals surface area contributed by atoms with E-state index in [0.29, 0.717) is 11.2 Å². The molecule has 0 atom stereocenters. The van der Waals surface area contributed by atoms with Crippen molar-refractivity contribution in [2.75, 3.05) is 42.9 Å². The van der Waals surface area contributed by atoms with Gasteiger partial charge in [0.25, 0.3) is 0 Å². The van der Waals surface area contributed by atoms with Crippen molar-refractivity contribution < 1.29 is 0 Å². The van der Waals surface area contributed by atoms with Crippen LogP contribution in [0.1, 0.15) is 39.3 Å². The van der Waals surface area contributed by atoms with E-state index in [4.69, 9.17) is 9.97 Å². The van der Waals surface area contributed by atoms with Crippen molar-refractivity contribution in [3.8, 4) is 0 Å². The molecule has 2 aromatic rings. The smallest absolute Gasteiger partial charge is 0.196 e. The molecular formula is C25H36N8S. The topological polar surface area (TPSA) is 85.0 Å². The van der Waals surface area contributed by atoms with Gasteiger partial charge in [0.2, 0.25) is 0 Å². The fourth-order valence-corrected chi connectivity index (χ4v) is 4.61. The molecule has 0 bridgehead atoms. The Labute approximate surface area is 207 Å². The molecule has 34 heavy (non-hydrogen) atoms.